The standard InChI is InChI=1S/C22H37NO3S/c1-22(2,3)26-21(24)13-11-9-7-5-4-6-8-10-12-18-25-19-14-16-20(27-23)17-15-19/h14-17H,4-13,18,23H2,1-3H3. The minimum absolute atomic E-state index is 0.0704. The first kappa shape index (κ1) is 23.8. The van der Waals surface area contributed by atoms with E-state index in [0.29, 0.717) is 6.42 Å². The van der Waals surface area contributed by atoms with Crippen LogP contribution in [0.15, 0.2) is 29.2 Å². The van der Waals surface area contributed by atoms with Crippen LogP contribution in [0.2, 0.25) is 0 Å². The van der Waals surface area contributed by atoms with E-state index >= 15 is 0 Å². The van der Waals surface area contributed by atoms with Crippen LogP contribution in [0.3, 0.4) is 0 Å². The number of nitrogens with two attached hydrogens (primary N) is 1. The average molecular weight is 396 g/mol. The molecule has 0 aliphatic rings. The van der Waals surface area contributed by atoms with Crippen LogP contribution in [-0.4, -0.2) is 18.2 Å². The fourth-order valence-corrected chi connectivity index (χ4v) is 3.10. The molecule has 1 rings (SSSR count). The lowest BCUT2D eigenvalue weighted by atomic mass is 10.1. The molecule has 0 radical (unpaired) electrons. The van der Waals surface area contributed by atoms with Gasteiger partial charge in [0.15, 0.2) is 0 Å². The van der Waals surface area contributed by atoms with Crippen LogP contribution in [0, 0.1) is 0 Å². The molecule has 0 unspecified atom stereocenters. The van der Waals surface area contributed by atoms with Gasteiger partial charge in [-0.2, -0.15) is 0 Å². The van der Waals surface area contributed by atoms with E-state index in [4.69, 9.17) is 14.6 Å². The van der Waals surface area contributed by atoms with E-state index in [1.165, 1.54) is 50.5 Å². The number of benzene rings is 1. The number of ether oxygens (including phenoxy) is 2. The number of esters is 1. The molecule has 0 aromatic heterocycles. The maximum atomic E-state index is 11.6. The summed E-state index contributed by atoms with van der Waals surface area (Å²) < 4.78 is 11.1. The van der Waals surface area contributed by atoms with Crippen molar-refractivity contribution >= 4 is 17.9 Å². The first-order chi connectivity index (χ1) is 12.9. The third kappa shape index (κ3) is 13.6. The van der Waals surface area contributed by atoms with Crippen LogP contribution in [0.1, 0.15) is 85.0 Å². The first-order valence-electron chi connectivity index (χ1n) is 10.2. The molecule has 0 spiro atoms. The van der Waals surface area contributed by atoms with Gasteiger partial charge in [-0.25, -0.2) is 0 Å². The van der Waals surface area contributed by atoms with E-state index in [-0.39, 0.29) is 11.6 Å². The van der Waals surface area contributed by atoms with Gasteiger partial charge in [0.05, 0.1) is 6.61 Å². The van der Waals surface area contributed by atoms with Gasteiger partial charge in [-0.3, -0.25) is 9.93 Å². The summed E-state index contributed by atoms with van der Waals surface area (Å²) in [6, 6.07) is 7.90. The quantitative estimate of drug-likeness (QED) is 0.228. The second-order valence-corrected chi connectivity index (χ2v) is 8.66. The molecule has 0 aliphatic heterocycles. The molecule has 0 heterocycles. The van der Waals surface area contributed by atoms with E-state index < -0.39 is 0 Å². The SMILES string of the molecule is CC(C)(C)OC(=O)CCCCCCCCCCCOc1ccc(SN)cc1. The van der Waals surface area contributed by atoms with Crippen LogP contribution in [0.5, 0.6) is 5.75 Å². The van der Waals surface area contributed by atoms with Crippen molar-refractivity contribution in [2.24, 2.45) is 5.14 Å². The summed E-state index contributed by atoms with van der Waals surface area (Å²) in [4.78, 5) is 12.6. The first-order valence-corrected chi connectivity index (χ1v) is 11.1. The highest BCUT2D eigenvalue weighted by Crippen LogP contribution is 2.18. The molecule has 0 fully saturated rings. The fraction of sp³-hybridized carbons (Fsp3) is 0.682. The van der Waals surface area contributed by atoms with Crippen molar-refractivity contribution in [1.29, 1.82) is 0 Å². The van der Waals surface area contributed by atoms with Gasteiger partial charge in [0, 0.05) is 11.3 Å². The van der Waals surface area contributed by atoms with E-state index in [0.717, 1.165) is 36.5 Å². The lowest BCUT2D eigenvalue weighted by molar-refractivity contribution is -0.154. The summed E-state index contributed by atoms with van der Waals surface area (Å²) in [5.74, 6) is 0.845. The highest BCUT2D eigenvalue weighted by atomic mass is 32.2. The monoisotopic (exact) mass is 395 g/mol. The van der Waals surface area contributed by atoms with Gasteiger partial charge in [-0.15, -0.1) is 0 Å². The van der Waals surface area contributed by atoms with Gasteiger partial charge in [-0.1, -0.05) is 44.9 Å². The molecule has 0 bridgehead atoms. The van der Waals surface area contributed by atoms with Crippen LogP contribution in [0.4, 0.5) is 0 Å². The lowest BCUT2D eigenvalue weighted by Crippen LogP contribution is -2.23. The van der Waals surface area contributed by atoms with Gasteiger partial charge in [0.2, 0.25) is 0 Å². The molecule has 1 aromatic carbocycles. The number of hydrogen-bond acceptors (Lipinski definition) is 5. The molecule has 154 valence electrons. The minimum atomic E-state index is -0.365. The van der Waals surface area contributed by atoms with E-state index in [1.54, 1.807) is 0 Å². The minimum Gasteiger partial charge on any atom is -0.494 e. The van der Waals surface area contributed by atoms with Crippen molar-refractivity contribution in [3.63, 3.8) is 0 Å². The Bertz CT molecular complexity index is 511. The Morgan fingerprint density at radius 2 is 1.41 bits per heavy atom. The Labute approximate surface area is 169 Å². The van der Waals surface area contributed by atoms with Crippen molar-refractivity contribution in [2.75, 3.05) is 6.61 Å². The van der Waals surface area contributed by atoms with E-state index in [1.807, 2.05) is 45.0 Å². The molecule has 0 atom stereocenters. The summed E-state index contributed by atoms with van der Waals surface area (Å²) in [6.45, 7) is 6.51. The second kappa shape index (κ2) is 13.9. The molecule has 27 heavy (non-hydrogen) atoms. The molecule has 0 saturated carbocycles. The molecule has 0 amide bonds. The van der Waals surface area contributed by atoms with E-state index in [2.05, 4.69) is 0 Å². The van der Waals surface area contributed by atoms with Gasteiger partial charge < -0.3 is 9.47 Å². The Balaban J connectivity index is 1.85. The van der Waals surface area contributed by atoms with Crippen LogP contribution >= 0.6 is 11.9 Å². The number of carbonyl (C=O) groups excluding carboxylic acids is 1. The highest BCUT2D eigenvalue weighted by molar-refractivity contribution is 7.97. The average Bonchev–Trinajstić information content (AvgIpc) is 2.61. The zero-order chi connectivity index (χ0) is 20.0. The molecule has 0 saturated heterocycles. The predicted molar refractivity (Wildman–Crippen MR) is 114 cm³/mol. The highest BCUT2D eigenvalue weighted by Gasteiger charge is 2.15. The van der Waals surface area contributed by atoms with Gasteiger partial charge in [0.1, 0.15) is 11.4 Å². The molecule has 1 aromatic rings. The fourth-order valence-electron chi connectivity index (χ4n) is 2.81. The summed E-state index contributed by atoms with van der Waals surface area (Å²) in [5, 5.41) is 5.50. The molecule has 0 aliphatic carbocycles. The Morgan fingerprint density at radius 3 is 1.93 bits per heavy atom. The maximum absolute atomic E-state index is 11.6. The van der Waals surface area contributed by atoms with Crippen molar-refractivity contribution in [2.45, 2.75) is 95.5 Å². The zero-order valence-corrected chi connectivity index (χ0v) is 18.1. The smallest absolute Gasteiger partial charge is 0.306 e. The Kier molecular flexibility index (Phi) is 12.3. The second-order valence-electron chi connectivity index (χ2n) is 7.96. The normalized spacial score (nSPS) is 11.4. The van der Waals surface area contributed by atoms with Gasteiger partial charge >= 0.3 is 5.97 Å². The summed E-state index contributed by atoms with van der Waals surface area (Å²) in [7, 11) is 0. The molecular formula is C22H37NO3S. The summed E-state index contributed by atoms with van der Waals surface area (Å²) >= 11 is 1.25. The van der Waals surface area contributed by atoms with Crippen LogP contribution in [0.25, 0.3) is 0 Å². The lowest BCUT2D eigenvalue weighted by Gasteiger charge is -2.19. The number of carbonyl (C=O) groups is 1. The number of rotatable bonds is 14. The number of unbranched alkanes of at least 4 members (excludes halogenated alkanes) is 8. The largest absolute Gasteiger partial charge is 0.494 e. The van der Waals surface area contributed by atoms with Gasteiger partial charge in [-0.05, 0) is 69.8 Å². The van der Waals surface area contributed by atoms with Crippen molar-refractivity contribution in [3.8, 4) is 5.75 Å². The molecule has 2 N–H and O–H groups in total. The Morgan fingerprint density at radius 1 is 0.889 bits per heavy atom. The zero-order valence-electron chi connectivity index (χ0n) is 17.3. The van der Waals surface area contributed by atoms with Crippen LogP contribution in [-0.2, 0) is 9.53 Å². The summed E-state index contributed by atoms with van der Waals surface area (Å²) in [6.07, 6.45) is 11.2. The third-order valence-electron chi connectivity index (χ3n) is 4.17. The van der Waals surface area contributed by atoms with Crippen molar-refractivity contribution in [3.05, 3.63) is 24.3 Å². The Hall–Kier alpha value is -1.20. The molecular weight excluding hydrogens is 358 g/mol. The summed E-state index contributed by atoms with van der Waals surface area (Å²) in [5.41, 5.74) is -0.365. The number of hydrogen-bond donors (Lipinski definition) is 1. The molecule has 4 nitrogen and oxygen atoms in total. The van der Waals surface area contributed by atoms with Crippen molar-refractivity contribution in [1.82, 2.24) is 0 Å². The van der Waals surface area contributed by atoms with Crippen LogP contribution < -0.4 is 9.88 Å². The topological polar surface area (TPSA) is 61.5 Å². The van der Waals surface area contributed by atoms with Crippen molar-refractivity contribution < 1.29 is 14.3 Å². The predicted octanol–water partition coefficient (Wildman–Crippen LogP) is 6.27. The van der Waals surface area contributed by atoms with E-state index in [9.17, 15) is 4.79 Å². The molecule has 5 heteroatoms. The third-order valence-corrected chi connectivity index (χ3v) is 4.72. The van der Waals surface area contributed by atoms with Gasteiger partial charge in [0.25, 0.3) is 0 Å². The maximum Gasteiger partial charge on any atom is 0.306 e.